The van der Waals surface area contributed by atoms with Crippen LogP contribution >= 0.6 is 0 Å². The van der Waals surface area contributed by atoms with Gasteiger partial charge in [0.1, 0.15) is 18.3 Å². The monoisotopic (exact) mass is 466 g/mol. The van der Waals surface area contributed by atoms with Gasteiger partial charge in [-0.2, -0.15) is 23.3 Å². The van der Waals surface area contributed by atoms with Gasteiger partial charge in [-0.25, -0.2) is 4.98 Å². The summed E-state index contributed by atoms with van der Waals surface area (Å²) in [6.45, 7) is 6.18. The third-order valence-corrected chi connectivity index (χ3v) is 5.77. The number of nitrogens with zero attached hydrogens (tertiary/aromatic N) is 6. The molecule has 4 heterocycles. The van der Waals surface area contributed by atoms with Crippen molar-refractivity contribution in [2.24, 2.45) is 5.92 Å². The lowest BCUT2D eigenvalue weighted by Gasteiger charge is -2.40. The Kier molecular flexibility index (Phi) is 5.66. The van der Waals surface area contributed by atoms with Gasteiger partial charge in [0.2, 0.25) is 17.8 Å². The molecule has 2 amide bonds. The highest BCUT2D eigenvalue weighted by atomic mass is 19.4. The van der Waals surface area contributed by atoms with E-state index in [-0.39, 0.29) is 36.4 Å². The fraction of sp³-hybridized carbons (Fsp3) is 0.550. The normalized spacial score (nSPS) is 18.8. The minimum atomic E-state index is -4.54. The molecule has 0 saturated carbocycles. The summed E-state index contributed by atoms with van der Waals surface area (Å²) in [7, 11) is 1.82. The van der Waals surface area contributed by atoms with Crippen LogP contribution in [0.5, 0.6) is 0 Å². The van der Waals surface area contributed by atoms with Crippen molar-refractivity contribution in [2.45, 2.75) is 45.6 Å². The molecule has 0 aliphatic carbocycles. The zero-order valence-corrected chi connectivity index (χ0v) is 18.6. The van der Waals surface area contributed by atoms with Gasteiger partial charge >= 0.3 is 6.18 Å². The van der Waals surface area contributed by atoms with Gasteiger partial charge < -0.3 is 20.4 Å². The lowest BCUT2D eigenvalue weighted by Crippen LogP contribution is -2.58. The first-order valence-electron chi connectivity index (χ1n) is 10.5. The molecule has 4 rings (SSSR count). The topological polar surface area (TPSA) is 108 Å². The highest BCUT2D eigenvalue weighted by molar-refractivity contribution is 6.03. The summed E-state index contributed by atoms with van der Waals surface area (Å²) in [4.78, 5) is 37.1. The number of hydrogen-bond acceptors (Lipinski definition) is 7. The summed E-state index contributed by atoms with van der Waals surface area (Å²) in [5.41, 5.74) is 0.170. The predicted molar refractivity (Wildman–Crippen MR) is 114 cm³/mol. The Morgan fingerprint density at radius 3 is 2.61 bits per heavy atom. The van der Waals surface area contributed by atoms with Crippen LogP contribution in [0.2, 0.25) is 0 Å². The molecule has 2 aliphatic heterocycles. The van der Waals surface area contributed by atoms with Gasteiger partial charge in [-0.1, -0.05) is 13.8 Å². The quantitative estimate of drug-likeness (QED) is 0.691. The summed E-state index contributed by atoms with van der Waals surface area (Å²) in [6, 6.07) is 0.392. The molecule has 1 atom stereocenters. The van der Waals surface area contributed by atoms with E-state index in [2.05, 4.69) is 25.7 Å². The van der Waals surface area contributed by atoms with Gasteiger partial charge in [0, 0.05) is 26.3 Å². The SMILES string of the molecule is Cc1nc(NC2CN(C(=O)Cn3ccc(C(F)(F)F)n3)C2)nc2c1NC(=O)C(C(C)C)N2C. The molecular formula is C20H25F3N8O2. The van der Waals surface area contributed by atoms with Crippen LogP contribution in [0.3, 0.4) is 0 Å². The van der Waals surface area contributed by atoms with E-state index < -0.39 is 11.9 Å². The first-order valence-corrected chi connectivity index (χ1v) is 10.5. The average molecular weight is 466 g/mol. The van der Waals surface area contributed by atoms with E-state index in [9.17, 15) is 22.8 Å². The second-order valence-electron chi connectivity index (χ2n) is 8.66. The van der Waals surface area contributed by atoms with E-state index in [1.165, 1.54) is 4.90 Å². The zero-order chi connectivity index (χ0) is 24.1. The number of likely N-dealkylation sites (N-methyl/N-ethyl adjacent to an activating group) is 1. The number of aryl methyl sites for hydroxylation is 1. The van der Waals surface area contributed by atoms with Crippen LogP contribution in [-0.4, -0.2) is 68.7 Å². The molecule has 1 unspecified atom stereocenters. The number of hydrogen-bond donors (Lipinski definition) is 2. The van der Waals surface area contributed by atoms with E-state index in [1.54, 1.807) is 6.92 Å². The molecule has 0 spiro atoms. The molecule has 1 saturated heterocycles. The number of nitrogens with one attached hydrogen (secondary N) is 2. The minimum absolute atomic E-state index is 0.0861. The van der Waals surface area contributed by atoms with Crippen molar-refractivity contribution in [1.82, 2.24) is 24.6 Å². The maximum absolute atomic E-state index is 12.7. The number of rotatable bonds is 5. The van der Waals surface area contributed by atoms with E-state index in [4.69, 9.17) is 0 Å². The average Bonchev–Trinajstić information content (AvgIpc) is 3.14. The maximum Gasteiger partial charge on any atom is 0.435 e. The van der Waals surface area contributed by atoms with Crippen LogP contribution in [0, 0.1) is 12.8 Å². The minimum Gasteiger partial charge on any atom is -0.348 e. The Balaban J connectivity index is 1.37. The van der Waals surface area contributed by atoms with E-state index >= 15 is 0 Å². The van der Waals surface area contributed by atoms with Gasteiger partial charge in [-0.3, -0.25) is 14.3 Å². The Morgan fingerprint density at radius 2 is 2.00 bits per heavy atom. The van der Waals surface area contributed by atoms with E-state index in [1.807, 2.05) is 25.8 Å². The van der Waals surface area contributed by atoms with Gasteiger partial charge in [-0.15, -0.1) is 0 Å². The third kappa shape index (κ3) is 4.44. The Morgan fingerprint density at radius 1 is 1.30 bits per heavy atom. The van der Waals surface area contributed by atoms with Gasteiger partial charge in [-0.05, 0) is 18.9 Å². The summed E-state index contributed by atoms with van der Waals surface area (Å²) >= 11 is 0. The lowest BCUT2D eigenvalue weighted by molar-refractivity contribution is -0.142. The highest BCUT2D eigenvalue weighted by Gasteiger charge is 2.37. The third-order valence-electron chi connectivity index (χ3n) is 5.77. The zero-order valence-electron chi connectivity index (χ0n) is 18.6. The Hall–Kier alpha value is -3.38. The fourth-order valence-electron chi connectivity index (χ4n) is 4.07. The number of likely N-dealkylation sites (tertiary alicyclic amines) is 1. The van der Waals surface area contributed by atoms with Crippen molar-refractivity contribution in [3.8, 4) is 0 Å². The van der Waals surface area contributed by atoms with Gasteiger partial charge in [0.25, 0.3) is 0 Å². The second kappa shape index (κ2) is 8.19. The number of fused-ring (bicyclic) bond motifs is 1. The van der Waals surface area contributed by atoms with Crippen LogP contribution in [-0.2, 0) is 22.3 Å². The standard InChI is InChI=1S/C20H25F3N8O2/c1-10(2)16-18(33)26-15-11(3)24-19(27-17(15)29(16)4)25-12-7-30(8-12)14(32)9-31-6-5-13(28-31)20(21,22)23/h5-6,10,12,16H,7-9H2,1-4H3,(H,26,33)(H,24,25,27). The first kappa shape index (κ1) is 22.8. The molecular weight excluding hydrogens is 441 g/mol. The van der Waals surface area contributed by atoms with Crippen LogP contribution in [0.1, 0.15) is 25.2 Å². The van der Waals surface area contributed by atoms with Crippen molar-refractivity contribution in [1.29, 1.82) is 0 Å². The maximum atomic E-state index is 12.7. The number of aromatic nitrogens is 4. The predicted octanol–water partition coefficient (Wildman–Crippen LogP) is 1.74. The largest absolute Gasteiger partial charge is 0.435 e. The molecule has 178 valence electrons. The number of carbonyl (C=O) groups is 2. The number of carbonyl (C=O) groups excluding carboxylic acids is 2. The molecule has 2 aliphatic rings. The molecule has 33 heavy (non-hydrogen) atoms. The van der Waals surface area contributed by atoms with Crippen molar-refractivity contribution < 1.29 is 22.8 Å². The van der Waals surface area contributed by atoms with Crippen LogP contribution < -0.4 is 15.5 Å². The van der Waals surface area contributed by atoms with Gasteiger partial charge in [0.05, 0.1) is 11.7 Å². The van der Waals surface area contributed by atoms with E-state index in [0.717, 1.165) is 16.9 Å². The van der Waals surface area contributed by atoms with E-state index in [0.29, 0.717) is 36.2 Å². The summed E-state index contributed by atoms with van der Waals surface area (Å²) in [5.74, 6) is 0.670. The molecule has 0 aromatic carbocycles. The molecule has 2 N–H and O–H groups in total. The van der Waals surface area contributed by atoms with Crippen molar-refractivity contribution in [3.05, 3.63) is 23.7 Å². The Bertz CT molecular complexity index is 1080. The number of halogens is 3. The molecule has 1 fully saturated rings. The lowest BCUT2D eigenvalue weighted by atomic mass is 9.99. The number of alkyl halides is 3. The molecule has 2 aromatic heterocycles. The number of amides is 2. The fourth-order valence-corrected chi connectivity index (χ4v) is 4.07. The second-order valence-corrected chi connectivity index (χ2v) is 8.66. The molecule has 0 radical (unpaired) electrons. The molecule has 2 aromatic rings. The smallest absolute Gasteiger partial charge is 0.348 e. The van der Waals surface area contributed by atoms with Crippen molar-refractivity contribution in [2.75, 3.05) is 35.7 Å². The summed E-state index contributed by atoms with van der Waals surface area (Å²) in [6.07, 6.45) is -3.40. The van der Waals surface area contributed by atoms with Gasteiger partial charge in [0.15, 0.2) is 11.5 Å². The highest BCUT2D eigenvalue weighted by Crippen LogP contribution is 2.34. The molecule has 0 bridgehead atoms. The Labute approximate surface area is 188 Å². The van der Waals surface area contributed by atoms with Crippen LogP contribution in [0.15, 0.2) is 12.3 Å². The molecule has 10 nitrogen and oxygen atoms in total. The number of anilines is 3. The van der Waals surface area contributed by atoms with Crippen LogP contribution in [0.25, 0.3) is 0 Å². The first-order chi connectivity index (χ1) is 15.4. The van der Waals surface area contributed by atoms with Crippen molar-refractivity contribution in [3.63, 3.8) is 0 Å². The van der Waals surface area contributed by atoms with Crippen molar-refractivity contribution >= 4 is 29.3 Å². The summed E-state index contributed by atoms with van der Waals surface area (Å²) < 4.78 is 39.0. The summed E-state index contributed by atoms with van der Waals surface area (Å²) in [5, 5.41) is 9.49. The molecule has 13 heteroatoms. The van der Waals surface area contributed by atoms with Crippen LogP contribution in [0.4, 0.5) is 30.6 Å².